The van der Waals surface area contributed by atoms with Crippen molar-refractivity contribution in [1.82, 2.24) is 5.43 Å². The van der Waals surface area contributed by atoms with E-state index < -0.39 is 27.4 Å². The lowest BCUT2D eigenvalue weighted by atomic mass is 10.2. The first kappa shape index (κ1) is 24.2. The topological polar surface area (TPSA) is 122 Å². The van der Waals surface area contributed by atoms with Gasteiger partial charge < -0.3 is 0 Å². The molecule has 1 amide bonds. The molecule has 12 heteroatoms. The number of para-hydroxylation sites is 1. The number of nitro benzene ring substituents is 1. The number of nitro groups is 1. The van der Waals surface area contributed by atoms with Crippen LogP contribution in [-0.2, 0) is 14.8 Å². The SMILES string of the molecule is O=C(CN(c1ccccc1Cl)S(=O)(=O)c1ccccc1)N/N=C\c1cc([N+](=O)[O-])ccc1Cl. The van der Waals surface area contributed by atoms with Crippen molar-refractivity contribution >= 4 is 56.7 Å². The zero-order chi connectivity index (χ0) is 24.0. The van der Waals surface area contributed by atoms with E-state index in [9.17, 15) is 23.3 Å². The zero-order valence-electron chi connectivity index (χ0n) is 16.8. The molecule has 0 aromatic heterocycles. The second-order valence-electron chi connectivity index (χ2n) is 6.53. The molecule has 0 heterocycles. The van der Waals surface area contributed by atoms with Crippen LogP contribution in [0.1, 0.15) is 5.56 Å². The minimum absolute atomic E-state index is 0.0235. The predicted octanol–water partition coefficient (Wildman–Crippen LogP) is 4.25. The first-order chi connectivity index (χ1) is 15.7. The molecule has 3 aromatic rings. The molecule has 0 aliphatic heterocycles. The maximum absolute atomic E-state index is 13.2. The lowest BCUT2D eigenvalue weighted by Gasteiger charge is -2.24. The second-order valence-corrected chi connectivity index (χ2v) is 9.21. The molecule has 33 heavy (non-hydrogen) atoms. The number of non-ortho nitro benzene ring substituents is 1. The number of benzene rings is 3. The number of nitrogens with zero attached hydrogens (tertiary/aromatic N) is 3. The van der Waals surface area contributed by atoms with Gasteiger partial charge in [-0.05, 0) is 30.3 Å². The van der Waals surface area contributed by atoms with Crippen molar-refractivity contribution in [2.24, 2.45) is 5.10 Å². The Morgan fingerprint density at radius 1 is 1.03 bits per heavy atom. The van der Waals surface area contributed by atoms with E-state index >= 15 is 0 Å². The van der Waals surface area contributed by atoms with Crippen LogP contribution in [0.2, 0.25) is 10.0 Å². The zero-order valence-corrected chi connectivity index (χ0v) is 19.1. The molecule has 0 unspecified atom stereocenters. The molecule has 0 radical (unpaired) electrons. The molecular weight excluding hydrogens is 491 g/mol. The molecule has 0 bridgehead atoms. The Hall–Kier alpha value is -3.47. The standard InChI is InChI=1S/C21H16Cl2N4O5S/c22-18-11-10-16(27(29)30)12-15(18)13-24-25-21(28)14-26(20-9-5-4-8-19(20)23)33(31,32)17-6-2-1-3-7-17/h1-13H,14H2,(H,25,28)/b24-13-. The smallest absolute Gasteiger partial charge is 0.270 e. The summed E-state index contributed by atoms with van der Waals surface area (Å²) in [6.07, 6.45) is 1.12. The third-order valence-electron chi connectivity index (χ3n) is 4.32. The molecule has 0 saturated heterocycles. The van der Waals surface area contributed by atoms with Gasteiger partial charge in [0.25, 0.3) is 21.6 Å². The minimum atomic E-state index is -4.13. The maximum atomic E-state index is 13.2. The van der Waals surface area contributed by atoms with E-state index in [1.165, 1.54) is 42.5 Å². The van der Waals surface area contributed by atoms with Gasteiger partial charge in [0.05, 0.1) is 26.7 Å². The lowest BCUT2D eigenvalue weighted by Crippen LogP contribution is -2.39. The summed E-state index contributed by atoms with van der Waals surface area (Å²) in [6, 6.07) is 17.5. The van der Waals surface area contributed by atoms with Gasteiger partial charge in [0, 0.05) is 22.7 Å². The number of amides is 1. The van der Waals surface area contributed by atoms with Crippen molar-refractivity contribution < 1.29 is 18.1 Å². The Bertz CT molecular complexity index is 1320. The van der Waals surface area contributed by atoms with Crippen LogP contribution in [-0.4, -0.2) is 32.0 Å². The van der Waals surface area contributed by atoms with Gasteiger partial charge in [-0.15, -0.1) is 0 Å². The summed E-state index contributed by atoms with van der Waals surface area (Å²) in [6.45, 7) is -0.624. The predicted molar refractivity (Wildman–Crippen MR) is 126 cm³/mol. The molecule has 0 spiro atoms. The van der Waals surface area contributed by atoms with Crippen LogP contribution < -0.4 is 9.73 Å². The van der Waals surface area contributed by atoms with E-state index in [0.717, 1.165) is 10.5 Å². The van der Waals surface area contributed by atoms with Crippen molar-refractivity contribution in [3.63, 3.8) is 0 Å². The lowest BCUT2D eigenvalue weighted by molar-refractivity contribution is -0.384. The molecule has 0 saturated carbocycles. The molecule has 0 aliphatic rings. The molecular formula is C21H16Cl2N4O5S. The van der Waals surface area contributed by atoms with Gasteiger partial charge in [-0.25, -0.2) is 13.8 Å². The van der Waals surface area contributed by atoms with E-state index in [1.807, 2.05) is 0 Å². The maximum Gasteiger partial charge on any atom is 0.270 e. The Balaban J connectivity index is 1.85. The van der Waals surface area contributed by atoms with E-state index in [2.05, 4.69) is 10.5 Å². The van der Waals surface area contributed by atoms with Gasteiger partial charge >= 0.3 is 0 Å². The van der Waals surface area contributed by atoms with Crippen LogP contribution in [0.4, 0.5) is 11.4 Å². The van der Waals surface area contributed by atoms with Gasteiger partial charge in [0.2, 0.25) is 0 Å². The first-order valence-corrected chi connectivity index (χ1v) is 11.5. The number of anilines is 1. The second kappa shape index (κ2) is 10.4. The number of carbonyl (C=O) groups excluding carboxylic acids is 1. The number of hydrogen-bond donors (Lipinski definition) is 1. The Morgan fingerprint density at radius 3 is 2.36 bits per heavy atom. The highest BCUT2D eigenvalue weighted by Gasteiger charge is 2.28. The van der Waals surface area contributed by atoms with Crippen LogP contribution in [0.15, 0.2) is 82.8 Å². The van der Waals surface area contributed by atoms with Crippen molar-refractivity contribution in [1.29, 1.82) is 0 Å². The van der Waals surface area contributed by atoms with Crippen LogP contribution >= 0.6 is 23.2 Å². The summed E-state index contributed by atoms with van der Waals surface area (Å²) in [7, 11) is -4.13. The van der Waals surface area contributed by atoms with E-state index in [0.29, 0.717) is 0 Å². The third-order valence-corrected chi connectivity index (χ3v) is 6.76. The number of nitrogens with one attached hydrogen (secondary N) is 1. The minimum Gasteiger partial charge on any atom is -0.271 e. The molecule has 3 rings (SSSR count). The fraction of sp³-hybridized carbons (Fsp3) is 0.0476. The number of rotatable bonds is 8. The average Bonchev–Trinajstić information content (AvgIpc) is 2.79. The van der Waals surface area contributed by atoms with Crippen molar-refractivity contribution in [3.8, 4) is 0 Å². The Morgan fingerprint density at radius 2 is 1.70 bits per heavy atom. The summed E-state index contributed by atoms with van der Waals surface area (Å²) >= 11 is 12.2. The Labute approximate surface area is 199 Å². The van der Waals surface area contributed by atoms with Gasteiger partial charge in [-0.2, -0.15) is 5.10 Å². The molecule has 3 aromatic carbocycles. The van der Waals surface area contributed by atoms with Crippen molar-refractivity contribution in [3.05, 3.63) is 98.5 Å². The van der Waals surface area contributed by atoms with Crippen LogP contribution in [0.5, 0.6) is 0 Å². The summed E-state index contributed by atoms with van der Waals surface area (Å²) < 4.78 is 27.3. The fourth-order valence-corrected chi connectivity index (χ4v) is 4.67. The monoisotopic (exact) mass is 506 g/mol. The number of halogens is 2. The summed E-state index contributed by atoms with van der Waals surface area (Å²) in [4.78, 5) is 22.8. The average molecular weight is 507 g/mol. The highest BCUT2D eigenvalue weighted by Crippen LogP contribution is 2.30. The quantitative estimate of drug-likeness (QED) is 0.278. The van der Waals surface area contributed by atoms with Gasteiger partial charge in [0.15, 0.2) is 0 Å². The molecule has 0 aliphatic carbocycles. The fourth-order valence-electron chi connectivity index (χ4n) is 2.76. The molecule has 0 atom stereocenters. The van der Waals surface area contributed by atoms with Crippen molar-refractivity contribution in [2.75, 3.05) is 10.8 Å². The van der Waals surface area contributed by atoms with E-state index in [4.69, 9.17) is 23.2 Å². The number of hydrazone groups is 1. The van der Waals surface area contributed by atoms with E-state index in [-0.39, 0.29) is 31.9 Å². The molecule has 9 nitrogen and oxygen atoms in total. The largest absolute Gasteiger partial charge is 0.271 e. The highest BCUT2D eigenvalue weighted by molar-refractivity contribution is 7.92. The first-order valence-electron chi connectivity index (χ1n) is 9.28. The van der Waals surface area contributed by atoms with E-state index in [1.54, 1.807) is 30.3 Å². The van der Waals surface area contributed by atoms with Gasteiger partial charge in [-0.1, -0.05) is 53.5 Å². The number of sulfonamides is 1. The normalized spacial score (nSPS) is 11.3. The number of hydrogen-bond acceptors (Lipinski definition) is 6. The summed E-state index contributed by atoms with van der Waals surface area (Å²) in [5.41, 5.74) is 2.32. The Kier molecular flexibility index (Phi) is 7.64. The van der Waals surface area contributed by atoms with Crippen LogP contribution in [0.3, 0.4) is 0 Å². The summed E-state index contributed by atoms with van der Waals surface area (Å²) in [5.74, 6) is -0.771. The molecule has 0 fully saturated rings. The van der Waals surface area contributed by atoms with Crippen LogP contribution in [0.25, 0.3) is 0 Å². The molecule has 170 valence electrons. The van der Waals surface area contributed by atoms with Crippen LogP contribution in [0, 0.1) is 10.1 Å². The molecule has 1 N–H and O–H groups in total. The van der Waals surface area contributed by atoms with Gasteiger partial charge in [0.1, 0.15) is 6.54 Å². The summed E-state index contributed by atoms with van der Waals surface area (Å²) in [5, 5.41) is 15.0. The van der Waals surface area contributed by atoms with Gasteiger partial charge in [-0.3, -0.25) is 19.2 Å². The third kappa shape index (κ3) is 5.86. The number of carbonyl (C=O) groups is 1. The highest BCUT2D eigenvalue weighted by atomic mass is 35.5. The van der Waals surface area contributed by atoms with Crippen molar-refractivity contribution in [2.45, 2.75) is 4.90 Å².